The van der Waals surface area contributed by atoms with E-state index in [1.807, 2.05) is 6.92 Å². The van der Waals surface area contributed by atoms with E-state index in [-0.39, 0.29) is 23.7 Å². The Bertz CT molecular complexity index is 558. The average molecular weight is 305 g/mol. The summed E-state index contributed by atoms with van der Waals surface area (Å²) in [4.78, 5) is 0.0109. The van der Waals surface area contributed by atoms with Crippen molar-refractivity contribution in [3.63, 3.8) is 0 Å². The second-order valence-electron chi connectivity index (χ2n) is 4.09. The molecule has 0 unspecified atom stereocenters. The van der Waals surface area contributed by atoms with Crippen molar-refractivity contribution in [2.75, 3.05) is 25.5 Å². The van der Waals surface area contributed by atoms with Gasteiger partial charge in [-0.2, -0.15) is 0 Å². The first kappa shape index (κ1) is 16.0. The Morgan fingerprint density at radius 1 is 1.53 bits per heavy atom. The number of nitrogen functional groups attached to an aromatic ring is 1. The van der Waals surface area contributed by atoms with Crippen LogP contribution in [0.15, 0.2) is 35.2 Å². The summed E-state index contributed by atoms with van der Waals surface area (Å²) >= 11 is 5.72. The minimum Gasteiger partial charge on any atom is -0.398 e. The van der Waals surface area contributed by atoms with E-state index < -0.39 is 10.0 Å². The minimum atomic E-state index is -3.64. The number of ether oxygens (including phenoxy) is 1. The van der Waals surface area contributed by atoms with Crippen LogP contribution < -0.4 is 10.5 Å². The van der Waals surface area contributed by atoms with Gasteiger partial charge in [-0.25, -0.2) is 13.1 Å². The summed E-state index contributed by atoms with van der Waals surface area (Å²) in [5.74, 6) is 0. The number of rotatable bonds is 7. The van der Waals surface area contributed by atoms with Crippen molar-refractivity contribution < 1.29 is 13.2 Å². The summed E-state index contributed by atoms with van der Waals surface area (Å²) in [5.41, 5.74) is 6.62. The van der Waals surface area contributed by atoms with Gasteiger partial charge in [0.2, 0.25) is 10.0 Å². The summed E-state index contributed by atoms with van der Waals surface area (Å²) in [6.45, 7) is 6.34. The zero-order valence-electron chi connectivity index (χ0n) is 10.6. The molecule has 0 aliphatic carbocycles. The van der Waals surface area contributed by atoms with Crippen LogP contribution in [0.4, 0.5) is 5.69 Å². The highest BCUT2D eigenvalue weighted by atomic mass is 35.5. The first-order valence-corrected chi connectivity index (χ1v) is 7.46. The van der Waals surface area contributed by atoms with Gasteiger partial charge in [-0.3, -0.25) is 0 Å². The van der Waals surface area contributed by atoms with Crippen LogP contribution in [-0.2, 0) is 14.8 Å². The lowest BCUT2D eigenvalue weighted by atomic mass is 10.3. The van der Waals surface area contributed by atoms with Crippen molar-refractivity contribution in [1.29, 1.82) is 0 Å². The molecule has 3 N–H and O–H groups in total. The molecule has 0 amide bonds. The summed E-state index contributed by atoms with van der Waals surface area (Å²) < 4.78 is 31.5. The molecule has 0 spiro atoms. The van der Waals surface area contributed by atoms with Gasteiger partial charge in [0.05, 0.1) is 18.9 Å². The fraction of sp³-hybridized carbons (Fsp3) is 0.333. The third kappa shape index (κ3) is 5.20. The van der Waals surface area contributed by atoms with E-state index >= 15 is 0 Å². The van der Waals surface area contributed by atoms with E-state index in [9.17, 15) is 8.42 Å². The Kier molecular flexibility index (Phi) is 5.81. The summed E-state index contributed by atoms with van der Waals surface area (Å²) in [5, 5.41) is 0.390. The third-order valence-electron chi connectivity index (χ3n) is 2.15. The fourth-order valence-corrected chi connectivity index (χ4v) is 2.64. The molecular formula is C12H17ClN2O3S. The van der Waals surface area contributed by atoms with Crippen molar-refractivity contribution in [2.24, 2.45) is 0 Å². The van der Waals surface area contributed by atoms with E-state index in [2.05, 4.69) is 11.3 Å². The molecule has 1 aromatic rings. The van der Waals surface area contributed by atoms with Crippen LogP contribution >= 0.6 is 11.6 Å². The Morgan fingerprint density at radius 2 is 2.21 bits per heavy atom. The highest BCUT2D eigenvalue weighted by Crippen LogP contribution is 2.21. The van der Waals surface area contributed by atoms with Gasteiger partial charge in [-0.1, -0.05) is 23.8 Å². The molecule has 0 heterocycles. The monoisotopic (exact) mass is 304 g/mol. The second kappa shape index (κ2) is 6.91. The maximum atomic E-state index is 12.0. The summed E-state index contributed by atoms with van der Waals surface area (Å²) in [6.07, 6.45) is 0. The van der Waals surface area contributed by atoms with Crippen molar-refractivity contribution in [3.8, 4) is 0 Å². The van der Waals surface area contributed by atoms with Gasteiger partial charge >= 0.3 is 0 Å². The van der Waals surface area contributed by atoms with Crippen molar-refractivity contribution in [3.05, 3.63) is 35.4 Å². The molecule has 106 valence electrons. The third-order valence-corrected chi connectivity index (χ3v) is 3.92. The highest BCUT2D eigenvalue weighted by molar-refractivity contribution is 7.89. The number of sulfonamides is 1. The first-order chi connectivity index (χ1) is 8.83. The molecule has 0 aliphatic heterocycles. The summed E-state index contributed by atoms with van der Waals surface area (Å²) in [6, 6.07) is 4.24. The van der Waals surface area contributed by atoms with Crippen LogP contribution in [-0.4, -0.2) is 28.2 Å². The number of nitrogens with two attached hydrogens (primary N) is 1. The van der Waals surface area contributed by atoms with Gasteiger partial charge in [0.15, 0.2) is 0 Å². The molecule has 19 heavy (non-hydrogen) atoms. The lowest BCUT2D eigenvalue weighted by molar-refractivity contribution is 0.162. The predicted octanol–water partition coefficient (Wildman–Crippen LogP) is 1.79. The number of hydrogen-bond acceptors (Lipinski definition) is 4. The second-order valence-corrected chi connectivity index (χ2v) is 6.26. The zero-order valence-corrected chi connectivity index (χ0v) is 12.2. The molecule has 5 nitrogen and oxygen atoms in total. The van der Waals surface area contributed by atoms with E-state index in [0.29, 0.717) is 11.6 Å². The molecule has 0 saturated carbocycles. The van der Waals surface area contributed by atoms with Crippen molar-refractivity contribution >= 4 is 27.3 Å². The van der Waals surface area contributed by atoms with E-state index in [0.717, 1.165) is 5.57 Å². The molecule has 0 aromatic heterocycles. The SMILES string of the molecule is C=C(C)COCCNS(=O)(=O)c1ccc(Cl)cc1N. The molecule has 1 rings (SSSR count). The van der Waals surface area contributed by atoms with Gasteiger partial charge in [0, 0.05) is 11.6 Å². The molecule has 0 bridgehead atoms. The molecule has 1 aromatic carbocycles. The van der Waals surface area contributed by atoms with Gasteiger partial charge in [-0.15, -0.1) is 0 Å². The molecule has 0 atom stereocenters. The largest absolute Gasteiger partial charge is 0.398 e. The minimum absolute atomic E-state index is 0.0109. The maximum Gasteiger partial charge on any atom is 0.242 e. The maximum absolute atomic E-state index is 12.0. The van der Waals surface area contributed by atoms with E-state index in [1.54, 1.807) is 0 Å². The molecule has 0 fully saturated rings. The number of nitrogens with one attached hydrogen (secondary N) is 1. The summed E-state index contributed by atoms with van der Waals surface area (Å²) in [7, 11) is -3.64. The standard InChI is InChI=1S/C12H17ClN2O3S/c1-9(2)8-18-6-5-15-19(16,17)12-4-3-10(13)7-11(12)14/h3-4,7,15H,1,5-6,8,14H2,2H3. The van der Waals surface area contributed by atoms with Gasteiger partial charge in [0.1, 0.15) is 4.90 Å². The number of benzene rings is 1. The first-order valence-electron chi connectivity index (χ1n) is 5.60. The topological polar surface area (TPSA) is 81.4 Å². The molecule has 0 saturated heterocycles. The van der Waals surface area contributed by atoms with Crippen molar-refractivity contribution in [1.82, 2.24) is 4.72 Å². The number of hydrogen-bond donors (Lipinski definition) is 2. The molecule has 7 heteroatoms. The quantitative estimate of drug-likeness (QED) is 0.457. The fourth-order valence-electron chi connectivity index (χ4n) is 1.34. The molecular weight excluding hydrogens is 288 g/mol. The van der Waals surface area contributed by atoms with Crippen LogP contribution in [0.2, 0.25) is 5.02 Å². The number of anilines is 1. The van der Waals surface area contributed by atoms with E-state index in [1.165, 1.54) is 18.2 Å². The molecule has 0 aliphatic rings. The molecule has 0 radical (unpaired) electrons. The van der Waals surface area contributed by atoms with Crippen LogP contribution in [0.5, 0.6) is 0 Å². The van der Waals surface area contributed by atoms with Gasteiger partial charge in [0.25, 0.3) is 0 Å². The number of halogens is 1. The van der Waals surface area contributed by atoms with Gasteiger partial charge in [-0.05, 0) is 25.1 Å². The van der Waals surface area contributed by atoms with Gasteiger partial charge < -0.3 is 10.5 Å². The predicted molar refractivity (Wildman–Crippen MR) is 76.7 cm³/mol. The van der Waals surface area contributed by atoms with Crippen molar-refractivity contribution in [2.45, 2.75) is 11.8 Å². The van der Waals surface area contributed by atoms with E-state index in [4.69, 9.17) is 22.1 Å². The Hall–Kier alpha value is -1.08. The van der Waals surface area contributed by atoms with Crippen LogP contribution in [0, 0.1) is 0 Å². The van der Waals surface area contributed by atoms with Crippen LogP contribution in [0.25, 0.3) is 0 Å². The lowest BCUT2D eigenvalue weighted by Gasteiger charge is -2.09. The zero-order chi connectivity index (χ0) is 14.5. The van der Waals surface area contributed by atoms with Crippen LogP contribution in [0.1, 0.15) is 6.92 Å². The van der Waals surface area contributed by atoms with Crippen LogP contribution in [0.3, 0.4) is 0 Å². The Morgan fingerprint density at radius 3 is 2.79 bits per heavy atom. The normalized spacial score (nSPS) is 11.5. The smallest absolute Gasteiger partial charge is 0.242 e. The Balaban J connectivity index is 2.59. The Labute approximate surface area is 118 Å². The lowest BCUT2D eigenvalue weighted by Crippen LogP contribution is -2.28. The average Bonchev–Trinajstić information content (AvgIpc) is 2.27. The highest BCUT2D eigenvalue weighted by Gasteiger charge is 2.16.